The van der Waals surface area contributed by atoms with E-state index in [-0.39, 0.29) is 23.0 Å². The van der Waals surface area contributed by atoms with Crippen LogP contribution in [0.4, 0.5) is 17.6 Å². The molecule has 0 fully saturated rings. The molecule has 2 aromatic rings. The molecule has 22 heavy (non-hydrogen) atoms. The third kappa shape index (κ3) is 3.92. The Balaban J connectivity index is 2.07. The molecular weight excluding hydrogens is 322 g/mol. The summed E-state index contributed by atoms with van der Waals surface area (Å²) in [7, 11) is 0. The summed E-state index contributed by atoms with van der Waals surface area (Å²) in [5, 5.41) is 2.82. The number of hydrogen-bond donors (Lipinski definition) is 1. The molecule has 118 valence electrons. The fraction of sp³-hybridized carbons (Fsp3) is 0.286. The fourth-order valence-electron chi connectivity index (χ4n) is 1.81. The maximum Gasteiger partial charge on any atom is 0.417 e. The maximum atomic E-state index is 13.6. The molecule has 0 spiro atoms. The fourth-order valence-corrected chi connectivity index (χ4v) is 2.05. The zero-order chi connectivity index (χ0) is 16.3. The predicted octanol–water partition coefficient (Wildman–Crippen LogP) is 4.14. The molecule has 1 atom stereocenters. The zero-order valence-electron chi connectivity index (χ0n) is 11.5. The van der Waals surface area contributed by atoms with Crippen LogP contribution in [-0.4, -0.2) is 9.97 Å². The molecule has 2 heterocycles. The number of aromatic nitrogens is 2. The first kappa shape index (κ1) is 16.6. The number of nitrogens with zero attached hydrogens (tertiary/aromatic N) is 2. The minimum Gasteiger partial charge on any atom is -0.303 e. The van der Waals surface area contributed by atoms with Gasteiger partial charge in [0.15, 0.2) is 0 Å². The van der Waals surface area contributed by atoms with Crippen molar-refractivity contribution in [2.75, 3.05) is 0 Å². The highest BCUT2D eigenvalue weighted by atomic mass is 35.5. The van der Waals surface area contributed by atoms with Crippen LogP contribution in [0.5, 0.6) is 0 Å². The molecule has 0 radical (unpaired) electrons. The lowest BCUT2D eigenvalue weighted by Gasteiger charge is -2.15. The van der Waals surface area contributed by atoms with Crippen molar-refractivity contribution in [2.24, 2.45) is 0 Å². The Bertz CT molecular complexity index is 661. The number of halogens is 5. The lowest BCUT2D eigenvalue weighted by atomic mass is 10.2. The second-order valence-electron chi connectivity index (χ2n) is 4.62. The summed E-state index contributed by atoms with van der Waals surface area (Å²) in [6.07, 6.45) is -2.32. The van der Waals surface area contributed by atoms with Crippen LogP contribution in [0.15, 0.2) is 30.6 Å². The van der Waals surface area contributed by atoms with E-state index in [0.717, 1.165) is 12.3 Å². The number of nitrogens with one attached hydrogen (secondary N) is 1. The minimum atomic E-state index is -4.49. The third-order valence-corrected chi connectivity index (χ3v) is 3.34. The summed E-state index contributed by atoms with van der Waals surface area (Å²) >= 11 is 5.80. The van der Waals surface area contributed by atoms with Crippen molar-refractivity contribution in [3.63, 3.8) is 0 Å². The largest absolute Gasteiger partial charge is 0.417 e. The normalized spacial score (nSPS) is 13.2. The second kappa shape index (κ2) is 6.58. The van der Waals surface area contributed by atoms with Gasteiger partial charge in [-0.2, -0.15) is 13.2 Å². The quantitative estimate of drug-likeness (QED) is 0.855. The van der Waals surface area contributed by atoms with Crippen molar-refractivity contribution in [1.29, 1.82) is 0 Å². The summed E-state index contributed by atoms with van der Waals surface area (Å²) < 4.78 is 51.1. The highest BCUT2D eigenvalue weighted by Crippen LogP contribution is 2.31. The topological polar surface area (TPSA) is 37.8 Å². The van der Waals surface area contributed by atoms with Gasteiger partial charge in [0, 0.05) is 25.0 Å². The Hall–Kier alpha value is -1.73. The summed E-state index contributed by atoms with van der Waals surface area (Å²) in [6, 6.07) is 3.13. The van der Waals surface area contributed by atoms with E-state index in [4.69, 9.17) is 11.6 Å². The van der Waals surface area contributed by atoms with Crippen LogP contribution in [0.2, 0.25) is 5.02 Å². The second-order valence-corrected chi connectivity index (χ2v) is 5.03. The molecule has 2 aromatic heterocycles. The third-order valence-electron chi connectivity index (χ3n) is 3.02. The van der Waals surface area contributed by atoms with Gasteiger partial charge in [-0.1, -0.05) is 11.6 Å². The highest BCUT2D eigenvalue weighted by Gasteiger charge is 2.31. The summed E-state index contributed by atoms with van der Waals surface area (Å²) in [5.41, 5.74) is -0.451. The van der Waals surface area contributed by atoms with Gasteiger partial charge in [0.1, 0.15) is 5.82 Å². The average Bonchev–Trinajstić information content (AvgIpc) is 2.45. The van der Waals surface area contributed by atoms with Crippen molar-refractivity contribution < 1.29 is 17.6 Å². The monoisotopic (exact) mass is 333 g/mol. The average molecular weight is 334 g/mol. The van der Waals surface area contributed by atoms with Crippen LogP contribution >= 0.6 is 11.6 Å². The number of alkyl halides is 3. The van der Waals surface area contributed by atoms with Crippen molar-refractivity contribution in [1.82, 2.24) is 15.3 Å². The molecule has 0 saturated carbocycles. The molecule has 0 bridgehead atoms. The summed E-state index contributed by atoms with van der Waals surface area (Å²) in [6.45, 7) is 1.78. The van der Waals surface area contributed by atoms with Crippen LogP contribution < -0.4 is 5.32 Å². The lowest BCUT2D eigenvalue weighted by Crippen LogP contribution is -2.21. The predicted molar refractivity (Wildman–Crippen MR) is 73.7 cm³/mol. The van der Waals surface area contributed by atoms with Crippen LogP contribution in [0.3, 0.4) is 0 Å². The number of hydrogen-bond acceptors (Lipinski definition) is 3. The van der Waals surface area contributed by atoms with Gasteiger partial charge >= 0.3 is 6.18 Å². The Morgan fingerprint density at radius 2 is 2.05 bits per heavy atom. The van der Waals surface area contributed by atoms with E-state index >= 15 is 0 Å². The van der Waals surface area contributed by atoms with Gasteiger partial charge in [0.2, 0.25) is 0 Å². The van der Waals surface area contributed by atoms with E-state index in [1.54, 1.807) is 6.92 Å². The van der Waals surface area contributed by atoms with Crippen LogP contribution in [0.25, 0.3) is 0 Å². The molecule has 0 saturated heterocycles. The number of pyridine rings is 2. The van der Waals surface area contributed by atoms with E-state index in [1.807, 2.05) is 0 Å². The van der Waals surface area contributed by atoms with Gasteiger partial charge in [0.25, 0.3) is 0 Å². The first-order valence-corrected chi connectivity index (χ1v) is 6.72. The molecule has 3 nitrogen and oxygen atoms in total. The Morgan fingerprint density at radius 3 is 2.64 bits per heavy atom. The minimum absolute atomic E-state index is 0.0914. The van der Waals surface area contributed by atoms with E-state index < -0.39 is 23.6 Å². The van der Waals surface area contributed by atoms with E-state index in [9.17, 15) is 17.6 Å². The SMILES string of the molecule is C[C@@H](NCc1ncc(C(F)(F)F)cc1Cl)c1ncccc1F. The van der Waals surface area contributed by atoms with Crippen molar-refractivity contribution >= 4 is 11.6 Å². The van der Waals surface area contributed by atoms with E-state index in [0.29, 0.717) is 0 Å². The summed E-state index contributed by atoms with van der Waals surface area (Å²) in [4.78, 5) is 7.62. The van der Waals surface area contributed by atoms with Crippen molar-refractivity contribution in [2.45, 2.75) is 25.7 Å². The van der Waals surface area contributed by atoms with Crippen molar-refractivity contribution in [3.8, 4) is 0 Å². The Labute approximate surface area is 129 Å². The Kier molecular flexibility index (Phi) is 4.97. The summed E-state index contributed by atoms with van der Waals surface area (Å²) in [5.74, 6) is -0.464. The van der Waals surface area contributed by atoms with Gasteiger partial charge in [-0.15, -0.1) is 0 Å². The van der Waals surface area contributed by atoms with E-state index in [2.05, 4.69) is 15.3 Å². The molecule has 0 aromatic carbocycles. The molecule has 2 rings (SSSR count). The molecule has 1 N–H and O–H groups in total. The van der Waals surface area contributed by atoms with Gasteiger partial charge in [-0.05, 0) is 25.1 Å². The lowest BCUT2D eigenvalue weighted by molar-refractivity contribution is -0.137. The Morgan fingerprint density at radius 1 is 1.32 bits per heavy atom. The standard InChI is InChI=1S/C14H12ClF4N3/c1-8(13-11(16)3-2-4-20-13)21-7-12-10(15)5-9(6-22-12)14(17,18)19/h2-6,8,21H,7H2,1H3/t8-/m1/s1. The van der Waals surface area contributed by atoms with Crippen LogP contribution in [0, 0.1) is 5.82 Å². The first-order valence-electron chi connectivity index (χ1n) is 6.34. The molecule has 0 unspecified atom stereocenters. The smallest absolute Gasteiger partial charge is 0.303 e. The first-order chi connectivity index (χ1) is 10.3. The zero-order valence-corrected chi connectivity index (χ0v) is 12.2. The number of rotatable bonds is 4. The molecule has 0 aliphatic carbocycles. The highest BCUT2D eigenvalue weighted by molar-refractivity contribution is 6.31. The maximum absolute atomic E-state index is 13.6. The molecule has 0 aliphatic heterocycles. The van der Waals surface area contributed by atoms with E-state index in [1.165, 1.54) is 18.3 Å². The van der Waals surface area contributed by atoms with Gasteiger partial charge in [0.05, 0.1) is 22.0 Å². The molecule has 8 heteroatoms. The van der Waals surface area contributed by atoms with Crippen LogP contribution in [-0.2, 0) is 12.7 Å². The van der Waals surface area contributed by atoms with Gasteiger partial charge in [-0.25, -0.2) is 4.39 Å². The van der Waals surface area contributed by atoms with Crippen molar-refractivity contribution in [3.05, 3.63) is 58.4 Å². The van der Waals surface area contributed by atoms with Crippen LogP contribution in [0.1, 0.15) is 29.9 Å². The molecule has 0 amide bonds. The van der Waals surface area contributed by atoms with Gasteiger partial charge < -0.3 is 5.32 Å². The van der Waals surface area contributed by atoms with Gasteiger partial charge in [-0.3, -0.25) is 9.97 Å². The molecular formula is C14H12ClF4N3. The molecule has 0 aliphatic rings.